The molecule has 1 aliphatic carbocycles. The third-order valence-corrected chi connectivity index (χ3v) is 5.62. The molecule has 1 fully saturated rings. The summed E-state index contributed by atoms with van der Waals surface area (Å²) in [4.78, 5) is 38.2. The van der Waals surface area contributed by atoms with Gasteiger partial charge in [-0.05, 0) is 53.2 Å². The monoisotopic (exact) mass is 405 g/mol. The second-order valence-electron chi connectivity index (χ2n) is 7.36. The van der Waals surface area contributed by atoms with Gasteiger partial charge in [0.1, 0.15) is 0 Å². The molecule has 0 N–H and O–H groups in total. The van der Waals surface area contributed by atoms with Gasteiger partial charge in [-0.2, -0.15) is 0 Å². The van der Waals surface area contributed by atoms with Gasteiger partial charge in [0.05, 0.1) is 17.0 Å². The Labute approximate surface area is 155 Å². The number of imide groups is 1. The van der Waals surface area contributed by atoms with Crippen LogP contribution in [-0.4, -0.2) is 29.4 Å². The molecule has 5 nitrogen and oxygen atoms in total. The maximum atomic E-state index is 12.4. The third-order valence-electron chi connectivity index (χ3n) is 4.96. The number of carbonyl (C=O) groups excluding carboxylic acids is 3. The number of hydrogen-bond acceptors (Lipinski definition) is 4. The molecule has 3 rings (SSSR count). The lowest BCUT2D eigenvalue weighted by Crippen LogP contribution is -2.33. The van der Waals surface area contributed by atoms with E-state index >= 15 is 0 Å². The minimum atomic E-state index is -0.448. The van der Waals surface area contributed by atoms with Crippen LogP contribution in [0.2, 0.25) is 0 Å². The first kappa shape index (κ1) is 17.9. The van der Waals surface area contributed by atoms with E-state index in [0.717, 1.165) is 10.5 Å². The van der Waals surface area contributed by atoms with E-state index in [4.69, 9.17) is 4.74 Å². The van der Waals surface area contributed by atoms with Crippen LogP contribution >= 0.6 is 15.9 Å². The number of benzene rings is 1. The van der Waals surface area contributed by atoms with Gasteiger partial charge in [-0.15, -0.1) is 0 Å². The first-order valence-electron chi connectivity index (χ1n) is 8.12. The topological polar surface area (TPSA) is 63.7 Å². The lowest BCUT2D eigenvalue weighted by molar-refractivity contribution is -0.148. The number of amides is 2. The van der Waals surface area contributed by atoms with Crippen molar-refractivity contribution in [1.82, 2.24) is 4.90 Å². The largest absolute Gasteiger partial charge is 0.443 e. The molecule has 1 heterocycles. The minimum Gasteiger partial charge on any atom is -0.443 e. The van der Waals surface area contributed by atoms with Crippen molar-refractivity contribution in [2.75, 3.05) is 6.73 Å². The Morgan fingerprint density at radius 1 is 1.28 bits per heavy atom. The minimum absolute atomic E-state index is 0.126. The van der Waals surface area contributed by atoms with Crippen LogP contribution in [0.25, 0.3) is 0 Å². The number of carbonyl (C=O) groups is 3. The van der Waals surface area contributed by atoms with Gasteiger partial charge in [0.2, 0.25) is 0 Å². The molecule has 1 aliphatic heterocycles. The summed E-state index contributed by atoms with van der Waals surface area (Å²) in [6.07, 6.45) is 2.07. The fraction of sp³-hybridized carbons (Fsp3) is 0.421. The van der Waals surface area contributed by atoms with E-state index in [1.807, 2.05) is 27.7 Å². The quantitative estimate of drug-likeness (QED) is 0.434. The summed E-state index contributed by atoms with van der Waals surface area (Å²) in [6, 6.07) is 4.99. The van der Waals surface area contributed by atoms with E-state index in [9.17, 15) is 14.4 Å². The Balaban J connectivity index is 1.69. The molecule has 0 radical (unpaired) electrons. The molecule has 0 bridgehead atoms. The number of nitrogens with zero attached hydrogens (tertiary/aromatic N) is 1. The molecule has 25 heavy (non-hydrogen) atoms. The highest BCUT2D eigenvalue weighted by atomic mass is 79.9. The summed E-state index contributed by atoms with van der Waals surface area (Å²) in [6.45, 7) is 7.66. The Morgan fingerprint density at radius 2 is 1.96 bits per heavy atom. The third kappa shape index (κ3) is 2.92. The van der Waals surface area contributed by atoms with Crippen molar-refractivity contribution < 1.29 is 19.1 Å². The molecule has 2 aliphatic rings. The molecule has 0 unspecified atom stereocenters. The molecule has 2 amide bonds. The highest BCUT2D eigenvalue weighted by Crippen LogP contribution is 2.59. The van der Waals surface area contributed by atoms with Crippen LogP contribution < -0.4 is 0 Å². The van der Waals surface area contributed by atoms with Crippen molar-refractivity contribution in [1.29, 1.82) is 0 Å². The van der Waals surface area contributed by atoms with Crippen molar-refractivity contribution >= 4 is 33.7 Å². The van der Waals surface area contributed by atoms with Gasteiger partial charge in [0.25, 0.3) is 11.8 Å². The smallest absolute Gasteiger partial charge is 0.311 e. The van der Waals surface area contributed by atoms with Crippen LogP contribution in [0, 0.1) is 17.3 Å². The van der Waals surface area contributed by atoms with Crippen molar-refractivity contribution in [3.05, 3.63) is 45.4 Å². The van der Waals surface area contributed by atoms with Crippen molar-refractivity contribution in [2.45, 2.75) is 27.7 Å². The average molecular weight is 406 g/mol. The number of rotatable bonds is 4. The Morgan fingerprint density at radius 3 is 2.56 bits per heavy atom. The van der Waals surface area contributed by atoms with Crippen LogP contribution in [0.1, 0.15) is 48.4 Å². The highest BCUT2D eigenvalue weighted by Gasteiger charge is 2.61. The van der Waals surface area contributed by atoms with Crippen LogP contribution in [0.4, 0.5) is 0 Å². The van der Waals surface area contributed by atoms with E-state index in [-0.39, 0.29) is 30.0 Å². The summed E-state index contributed by atoms with van der Waals surface area (Å²) in [7, 11) is 0. The molecule has 132 valence electrons. The van der Waals surface area contributed by atoms with E-state index in [2.05, 4.69) is 22.0 Å². The number of ether oxygens (including phenoxy) is 1. The Bertz CT molecular complexity index is 808. The van der Waals surface area contributed by atoms with Gasteiger partial charge in [0.15, 0.2) is 6.73 Å². The first-order valence-corrected chi connectivity index (χ1v) is 8.92. The van der Waals surface area contributed by atoms with Crippen LogP contribution in [0.3, 0.4) is 0 Å². The second-order valence-corrected chi connectivity index (χ2v) is 8.22. The fourth-order valence-corrected chi connectivity index (χ4v) is 3.96. The number of esters is 1. The zero-order valence-electron chi connectivity index (χ0n) is 14.6. The predicted octanol–water partition coefficient (Wildman–Crippen LogP) is 3.78. The van der Waals surface area contributed by atoms with Crippen molar-refractivity contribution in [3.8, 4) is 0 Å². The Hall–Kier alpha value is -1.95. The second kappa shape index (κ2) is 6.09. The molecule has 0 aromatic heterocycles. The predicted molar refractivity (Wildman–Crippen MR) is 95.8 cm³/mol. The van der Waals surface area contributed by atoms with E-state index in [1.165, 1.54) is 0 Å². The van der Waals surface area contributed by atoms with Gasteiger partial charge >= 0.3 is 5.97 Å². The van der Waals surface area contributed by atoms with Crippen molar-refractivity contribution in [3.63, 3.8) is 0 Å². The summed E-state index contributed by atoms with van der Waals surface area (Å²) in [5.74, 6) is -1.38. The Kier molecular flexibility index (Phi) is 4.35. The zero-order chi connectivity index (χ0) is 18.5. The van der Waals surface area contributed by atoms with Crippen LogP contribution in [-0.2, 0) is 9.53 Å². The van der Waals surface area contributed by atoms with Crippen LogP contribution in [0.15, 0.2) is 34.3 Å². The van der Waals surface area contributed by atoms with Gasteiger partial charge in [-0.25, -0.2) is 4.90 Å². The van der Waals surface area contributed by atoms with Gasteiger partial charge in [0, 0.05) is 4.47 Å². The lowest BCUT2D eigenvalue weighted by atomic mass is 10.1. The van der Waals surface area contributed by atoms with Crippen molar-refractivity contribution in [2.24, 2.45) is 17.3 Å². The molecular formula is C19H20BrNO4. The highest BCUT2D eigenvalue weighted by molar-refractivity contribution is 9.10. The molecule has 1 aromatic carbocycles. The first-order chi connectivity index (χ1) is 11.7. The SMILES string of the molecule is CC(C)=C[C@@H]1[C@@H](C(=O)OCN2C(=O)c3cccc(Br)c3C2=O)C1(C)C. The maximum Gasteiger partial charge on any atom is 0.311 e. The van der Waals surface area contributed by atoms with Gasteiger partial charge in [-0.1, -0.05) is 31.6 Å². The summed E-state index contributed by atoms with van der Waals surface area (Å²) < 4.78 is 5.87. The molecule has 1 aromatic rings. The summed E-state index contributed by atoms with van der Waals surface area (Å²) >= 11 is 3.29. The van der Waals surface area contributed by atoms with Gasteiger partial charge in [-0.3, -0.25) is 14.4 Å². The van der Waals surface area contributed by atoms with Crippen LogP contribution in [0.5, 0.6) is 0 Å². The number of fused-ring (bicyclic) bond motifs is 1. The van der Waals surface area contributed by atoms with E-state index < -0.39 is 11.8 Å². The molecule has 0 saturated heterocycles. The molecular weight excluding hydrogens is 386 g/mol. The average Bonchev–Trinajstić information content (AvgIpc) is 2.95. The number of allylic oxidation sites excluding steroid dienone is 2. The van der Waals surface area contributed by atoms with E-state index in [0.29, 0.717) is 15.6 Å². The molecule has 6 heteroatoms. The normalized spacial score (nSPS) is 23.3. The molecule has 2 atom stereocenters. The fourth-order valence-electron chi connectivity index (χ4n) is 3.43. The number of halogens is 1. The zero-order valence-corrected chi connectivity index (χ0v) is 16.2. The summed E-state index contributed by atoms with van der Waals surface area (Å²) in [5, 5.41) is 0. The standard InChI is InChI=1S/C19H20BrNO4/c1-10(2)8-12-15(19(12,3)4)18(24)25-9-21-16(22)11-6-5-7-13(20)14(11)17(21)23/h5-8,12,15H,9H2,1-4H3/t12-,15+/m1/s1. The number of hydrogen-bond donors (Lipinski definition) is 0. The molecule has 0 spiro atoms. The van der Waals surface area contributed by atoms with E-state index in [1.54, 1.807) is 18.2 Å². The van der Waals surface area contributed by atoms with Gasteiger partial charge < -0.3 is 4.74 Å². The maximum absolute atomic E-state index is 12.4. The summed E-state index contributed by atoms with van der Waals surface area (Å²) in [5.41, 5.74) is 1.63. The lowest BCUT2D eigenvalue weighted by Gasteiger charge is -2.14. The molecule has 1 saturated carbocycles.